The zero-order valence-electron chi connectivity index (χ0n) is 38.7. The van der Waals surface area contributed by atoms with Gasteiger partial charge in [-0.05, 0) is 87.6 Å². The van der Waals surface area contributed by atoms with Gasteiger partial charge in [-0.2, -0.15) is 0 Å². The third-order valence-electron chi connectivity index (χ3n) is 13.6. The molecule has 4 aliphatic rings. The van der Waals surface area contributed by atoms with E-state index in [1.165, 1.54) is 16.3 Å². The molecule has 0 aliphatic carbocycles. The lowest BCUT2D eigenvalue weighted by atomic mass is 9.84. The number of hydrogen-bond acceptors (Lipinski definition) is 11. The Hall–Kier alpha value is -5.63. The van der Waals surface area contributed by atoms with E-state index in [0.717, 1.165) is 44.7 Å². The van der Waals surface area contributed by atoms with Crippen molar-refractivity contribution in [3.63, 3.8) is 0 Å². The lowest BCUT2D eigenvalue weighted by molar-refractivity contribution is -0.155. The summed E-state index contributed by atoms with van der Waals surface area (Å²) in [5.41, 5.74) is 8.37. The minimum absolute atomic E-state index is 0.0827. The number of nitrogens with zero attached hydrogens (tertiary/aromatic N) is 6. The maximum absolute atomic E-state index is 14.7. The number of benzene rings is 1. The molecule has 15 nitrogen and oxygen atoms in total. The Morgan fingerprint density at radius 3 is 2.63 bits per heavy atom. The number of carbonyl (C=O) groups is 5. The highest BCUT2D eigenvalue weighted by molar-refractivity contribution is 7.10. The number of cyclic esters (lactones) is 1. The Bertz CT molecular complexity index is 2590. The van der Waals surface area contributed by atoms with Gasteiger partial charge in [0.25, 0.3) is 11.8 Å². The largest absolute Gasteiger partial charge is 0.464 e. The standard InChI is InChI=1S/C49H60N8O7S/c1-9-12-40(58)55-21-17-49(27-55)18-22-56(47(49)62)42(29(2)3)44(59)52-36-24-39-51-37(26-65-39)31-15-16-38-33(23-31)34(43(54(38)7)32-13-10-19-50-41(32)30(4)63-8)25-48(5,6)28-64-46(61)35-14-11-20-57(53-35)45(36)60/h10,13,15-16,19,23,26,29-30,35-36,42,53H,11,14,17-18,20-22,24-25,27-28H2,1-8H3,(H,52,59)/t30-,35-,36-,42?,49?/m0/s1. The second-order valence-corrected chi connectivity index (χ2v) is 20.1. The number of aromatic nitrogens is 3. The van der Waals surface area contributed by atoms with Gasteiger partial charge in [0.1, 0.15) is 18.1 Å². The van der Waals surface area contributed by atoms with Gasteiger partial charge in [0.2, 0.25) is 11.8 Å². The highest BCUT2D eigenvalue weighted by Gasteiger charge is 2.54. The number of hydrogen-bond donors (Lipinski definition) is 2. The third kappa shape index (κ3) is 8.90. The monoisotopic (exact) mass is 904 g/mol. The zero-order chi connectivity index (χ0) is 46.4. The molecule has 0 radical (unpaired) electrons. The van der Waals surface area contributed by atoms with Crippen LogP contribution in [0, 0.1) is 28.6 Å². The van der Waals surface area contributed by atoms with Crippen molar-refractivity contribution >= 4 is 51.8 Å². The van der Waals surface area contributed by atoms with Crippen LogP contribution in [0.25, 0.3) is 33.4 Å². The fourth-order valence-electron chi connectivity index (χ4n) is 10.2. The van der Waals surface area contributed by atoms with Crippen LogP contribution in [-0.2, 0) is 53.3 Å². The summed E-state index contributed by atoms with van der Waals surface area (Å²) >= 11 is 1.41. The van der Waals surface area contributed by atoms with Crippen molar-refractivity contribution in [2.75, 3.05) is 39.9 Å². The Kier molecular flexibility index (Phi) is 13.0. The molecule has 1 spiro atoms. The summed E-state index contributed by atoms with van der Waals surface area (Å²) in [4.78, 5) is 83.1. The highest BCUT2D eigenvalue weighted by Crippen LogP contribution is 2.43. The molecule has 65 heavy (non-hydrogen) atoms. The zero-order valence-corrected chi connectivity index (χ0v) is 39.5. The number of carbonyl (C=O) groups excluding carboxylic acids is 5. The van der Waals surface area contributed by atoms with Crippen LogP contribution in [0.5, 0.6) is 0 Å². The van der Waals surface area contributed by atoms with E-state index in [-0.39, 0.29) is 43.4 Å². The number of hydrazine groups is 1. The minimum Gasteiger partial charge on any atom is -0.464 e. The molecule has 6 bridgehead atoms. The average Bonchev–Trinajstić information content (AvgIpc) is 4.08. The van der Waals surface area contributed by atoms with Crippen LogP contribution in [-0.4, -0.2) is 117 Å². The summed E-state index contributed by atoms with van der Waals surface area (Å²) in [6.07, 6.45) is 4.20. The molecule has 3 fully saturated rings. The van der Waals surface area contributed by atoms with E-state index in [4.69, 9.17) is 19.4 Å². The second kappa shape index (κ2) is 18.3. The number of amides is 4. The molecular weight excluding hydrogens is 845 g/mol. The number of rotatable bonds is 7. The normalized spacial score (nSPS) is 23.3. The number of fused-ring (bicyclic) bond motifs is 6. The van der Waals surface area contributed by atoms with Gasteiger partial charge < -0.3 is 29.2 Å². The van der Waals surface area contributed by atoms with Gasteiger partial charge in [0.05, 0.1) is 40.2 Å². The van der Waals surface area contributed by atoms with Crippen LogP contribution in [0.2, 0.25) is 0 Å². The predicted octanol–water partition coefficient (Wildman–Crippen LogP) is 5.22. The molecule has 7 heterocycles. The third-order valence-corrected chi connectivity index (χ3v) is 14.5. The maximum atomic E-state index is 14.7. The minimum atomic E-state index is -1.07. The average molecular weight is 905 g/mol. The molecule has 1 aromatic carbocycles. The van der Waals surface area contributed by atoms with Gasteiger partial charge in [-0.25, -0.2) is 10.4 Å². The fraction of sp³-hybridized carbons (Fsp3) is 0.531. The highest BCUT2D eigenvalue weighted by atomic mass is 32.1. The smallest absolute Gasteiger partial charge is 0.324 e. The van der Waals surface area contributed by atoms with Gasteiger partial charge in [0, 0.05) is 85.8 Å². The summed E-state index contributed by atoms with van der Waals surface area (Å²) in [6.45, 7) is 13.0. The predicted molar refractivity (Wildman–Crippen MR) is 247 cm³/mol. The van der Waals surface area contributed by atoms with Crippen molar-refractivity contribution in [2.45, 2.75) is 104 Å². The molecule has 4 amide bonds. The Morgan fingerprint density at radius 1 is 1.09 bits per heavy atom. The molecule has 3 saturated heterocycles. The summed E-state index contributed by atoms with van der Waals surface area (Å²) < 4.78 is 14.1. The number of pyridine rings is 1. The van der Waals surface area contributed by atoms with Crippen LogP contribution in [0.3, 0.4) is 0 Å². The molecule has 4 aromatic rings. The van der Waals surface area contributed by atoms with Crippen LogP contribution >= 0.6 is 11.3 Å². The molecular formula is C49H60N8O7S. The first-order valence-corrected chi connectivity index (χ1v) is 23.5. The van der Waals surface area contributed by atoms with Gasteiger partial charge in [0.15, 0.2) is 0 Å². The van der Waals surface area contributed by atoms with E-state index in [1.54, 1.807) is 30.0 Å². The number of aryl methyl sites for hydroxylation is 1. The summed E-state index contributed by atoms with van der Waals surface area (Å²) in [5, 5.41) is 8.13. The first kappa shape index (κ1) is 45.9. The molecule has 8 rings (SSSR count). The SMILES string of the molecule is CC#CC(=O)N1CCC2(CCN(C(C(=O)N[C@H]3Cc4nc(cs4)-c4ccc5c(c4)c(c(-c4cccnc4[C@H](C)OC)n5C)CC(C)(C)COC(=O)[C@@H]4CCCN(N4)C3=O)C(C)C)C2=O)C1. The number of esters is 1. The van der Waals surface area contributed by atoms with E-state index >= 15 is 0 Å². The second-order valence-electron chi connectivity index (χ2n) is 19.2. The van der Waals surface area contributed by atoms with Crippen molar-refractivity contribution in [1.82, 2.24) is 40.1 Å². The molecule has 2 N–H and O–H groups in total. The first-order valence-electron chi connectivity index (χ1n) is 22.7. The van der Waals surface area contributed by atoms with E-state index in [1.807, 2.05) is 38.3 Å². The number of nitrogens with one attached hydrogen (secondary N) is 2. The Labute approximate surface area is 384 Å². The van der Waals surface area contributed by atoms with Crippen molar-refractivity contribution < 1.29 is 33.4 Å². The molecule has 5 atom stereocenters. The number of likely N-dealkylation sites (tertiary alicyclic amines) is 2. The number of methoxy groups -OCH3 is 1. The maximum Gasteiger partial charge on any atom is 0.324 e. The Morgan fingerprint density at radius 2 is 1.88 bits per heavy atom. The van der Waals surface area contributed by atoms with Gasteiger partial charge in [-0.3, -0.25) is 34.0 Å². The topological polar surface area (TPSA) is 168 Å². The summed E-state index contributed by atoms with van der Waals surface area (Å²) in [5.74, 6) is 3.16. The Balaban J connectivity index is 1.15. The van der Waals surface area contributed by atoms with Crippen molar-refractivity contribution in [3.8, 4) is 34.4 Å². The van der Waals surface area contributed by atoms with E-state index < -0.39 is 46.7 Å². The first-order chi connectivity index (χ1) is 31.0. The molecule has 16 heteroatoms. The summed E-state index contributed by atoms with van der Waals surface area (Å²) in [7, 11) is 3.73. The van der Waals surface area contributed by atoms with Crippen LogP contribution < -0.4 is 10.7 Å². The molecule has 0 saturated carbocycles. The van der Waals surface area contributed by atoms with Crippen molar-refractivity contribution in [1.29, 1.82) is 0 Å². The van der Waals surface area contributed by atoms with Gasteiger partial charge >= 0.3 is 5.97 Å². The van der Waals surface area contributed by atoms with Gasteiger partial charge in [-0.15, -0.1) is 11.3 Å². The lowest BCUT2D eigenvalue weighted by Crippen LogP contribution is -2.62. The number of ether oxygens (including phenoxy) is 2. The lowest BCUT2D eigenvalue weighted by Gasteiger charge is -2.36. The molecule has 344 valence electrons. The quantitative estimate of drug-likeness (QED) is 0.186. The molecule has 2 unspecified atom stereocenters. The molecule has 4 aliphatic heterocycles. The van der Waals surface area contributed by atoms with Crippen LogP contribution in [0.4, 0.5) is 0 Å². The van der Waals surface area contributed by atoms with E-state index in [9.17, 15) is 24.0 Å². The van der Waals surface area contributed by atoms with Crippen molar-refractivity contribution in [3.05, 3.63) is 58.2 Å². The van der Waals surface area contributed by atoms with Crippen molar-refractivity contribution in [2.24, 2.45) is 23.8 Å². The summed E-state index contributed by atoms with van der Waals surface area (Å²) in [6, 6.07) is 7.59. The van der Waals surface area contributed by atoms with Gasteiger partial charge in [-0.1, -0.05) is 39.7 Å². The van der Waals surface area contributed by atoms with Crippen LogP contribution in [0.15, 0.2) is 41.9 Å². The fourth-order valence-corrected chi connectivity index (χ4v) is 11.0. The van der Waals surface area contributed by atoms with E-state index in [0.29, 0.717) is 56.7 Å². The van der Waals surface area contributed by atoms with E-state index in [2.05, 4.69) is 66.2 Å². The van der Waals surface area contributed by atoms with Crippen LogP contribution in [0.1, 0.15) is 89.6 Å². The number of thiazole rings is 1. The molecule has 3 aromatic heterocycles.